The number of hydrogen-bond acceptors (Lipinski definition) is 5. The van der Waals surface area contributed by atoms with Crippen molar-refractivity contribution in [1.29, 1.82) is 0 Å². The van der Waals surface area contributed by atoms with Crippen molar-refractivity contribution in [3.8, 4) is 0 Å². The van der Waals surface area contributed by atoms with Crippen molar-refractivity contribution in [2.24, 2.45) is 0 Å². The van der Waals surface area contributed by atoms with Crippen LogP contribution in [0.4, 0.5) is 5.82 Å². The summed E-state index contributed by atoms with van der Waals surface area (Å²) in [7, 11) is 0. The highest BCUT2D eigenvalue weighted by Crippen LogP contribution is 2.29. The maximum absolute atomic E-state index is 12.0. The van der Waals surface area contributed by atoms with Gasteiger partial charge in [-0.3, -0.25) is 9.89 Å². The highest BCUT2D eigenvalue weighted by atomic mass is 32.1. The lowest BCUT2D eigenvalue weighted by molar-refractivity contribution is 0.0955. The fraction of sp³-hybridized carbons (Fsp3) is 0.0909. The van der Waals surface area contributed by atoms with Crippen molar-refractivity contribution in [3.05, 3.63) is 34.2 Å². The highest BCUT2D eigenvalue weighted by Gasteiger charge is 2.11. The smallest absolute Gasteiger partial charge is 0.261 e. The molecule has 0 fully saturated rings. The molecule has 0 aliphatic carbocycles. The quantitative estimate of drug-likeness (QED) is 0.686. The number of nitrogens with zero attached hydrogens (tertiary/aromatic N) is 1. The molecule has 0 aliphatic heterocycles. The Balaban J connectivity index is 1.72. The first kappa shape index (κ1) is 11.2. The maximum atomic E-state index is 12.0. The Bertz CT molecular complexity index is 668. The second-order valence-electron chi connectivity index (χ2n) is 3.75. The number of carbonyl (C=O) groups is 1. The molecule has 0 radical (unpaired) electrons. The number of anilines is 1. The van der Waals surface area contributed by atoms with Crippen molar-refractivity contribution in [2.75, 3.05) is 5.73 Å². The summed E-state index contributed by atoms with van der Waals surface area (Å²) >= 11 is 3.14. The Morgan fingerprint density at radius 1 is 1.50 bits per heavy atom. The molecule has 0 bridgehead atoms. The van der Waals surface area contributed by atoms with E-state index in [1.807, 2.05) is 17.5 Å². The van der Waals surface area contributed by atoms with E-state index in [-0.39, 0.29) is 5.91 Å². The number of aromatic nitrogens is 2. The van der Waals surface area contributed by atoms with E-state index in [1.54, 1.807) is 17.5 Å². The lowest BCUT2D eigenvalue weighted by Crippen LogP contribution is -2.22. The molecule has 4 N–H and O–H groups in total. The number of thiophene rings is 2. The minimum Gasteiger partial charge on any atom is -0.384 e. The van der Waals surface area contributed by atoms with Gasteiger partial charge in [0, 0.05) is 21.5 Å². The normalized spacial score (nSPS) is 10.9. The zero-order valence-corrected chi connectivity index (χ0v) is 10.9. The molecular formula is C11H10N4OS2. The molecule has 5 nitrogen and oxygen atoms in total. The molecule has 3 aromatic rings. The van der Waals surface area contributed by atoms with E-state index in [1.165, 1.54) is 11.3 Å². The predicted molar refractivity (Wildman–Crippen MR) is 73.9 cm³/mol. The van der Waals surface area contributed by atoms with Crippen LogP contribution in [0.1, 0.15) is 15.2 Å². The first-order valence-corrected chi connectivity index (χ1v) is 6.96. The van der Waals surface area contributed by atoms with Crippen LogP contribution < -0.4 is 11.1 Å². The third kappa shape index (κ3) is 1.98. The summed E-state index contributed by atoms with van der Waals surface area (Å²) in [6.07, 6.45) is 1.61. The van der Waals surface area contributed by atoms with Gasteiger partial charge in [0.15, 0.2) is 0 Å². The number of carbonyl (C=O) groups excluding carboxylic acids is 1. The van der Waals surface area contributed by atoms with E-state index in [9.17, 15) is 4.79 Å². The predicted octanol–water partition coefficient (Wildman–Crippen LogP) is 2.20. The van der Waals surface area contributed by atoms with Gasteiger partial charge in [-0.1, -0.05) is 0 Å². The van der Waals surface area contributed by atoms with E-state index < -0.39 is 0 Å². The molecule has 3 heterocycles. The van der Waals surface area contributed by atoms with Crippen LogP contribution in [0.3, 0.4) is 0 Å². The van der Waals surface area contributed by atoms with Gasteiger partial charge in [0.25, 0.3) is 5.91 Å². The number of nitrogens with one attached hydrogen (secondary N) is 2. The first-order valence-electron chi connectivity index (χ1n) is 5.27. The average Bonchev–Trinajstić information content (AvgIpc) is 3.00. The van der Waals surface area contributed by atoms with Crippen LogP contribution in [-0.4, -0.2) is 16.1 Å². The maximum Gasteiger partial charge on any atom is 0.261 e. The molecule has 0 atom stereocenters. The summed E-state index contributed by atoms with van der Waals surface area (Å²) in [6.45, 7) is 0.382. The number of amides is 1. The van der Waals surface area contributed by atoms with E-state index in [0.29, 0.717) is 12.4 Å². The largest absolute Gasteiger partial charge is 0.384 e. The van der Waals surface area contributed by atoms with E-state index in [4.69, 9.17) is 5.73 Å². The SMILES string of the molecule is Nc1[nH]ncc1CNC(=O)c1cc2sccc2s1. The number of aromatic amines is 1. The lowest BCUT2D eigenvalue weighted by Gasteiger charge is -2.01. The Morgan fingerprint density at radius 3 is 3.11 bits per heavy atom. The van der Waals surface area contributed by atoms with Crippen molar-refractivity contribution < 1.29 is 4.79 Å². The fourth-order valence-corrected chi connectivity index (χ4v) is 3.63. The minimum absolute atomic E-state index is 0.0796. The molecule has 0 spiro atoms. The summed E-state index contributed by atoms with van der Waals surface area (Å²) in [6, 6.07) is 3.94. The van der Waals surface area contributed by atoms with Gasteiger partial charge in [0.05, 0.1) is 11.1 Å². The van der Waals surface area contributed by atoms with Crippen LogP contribution in [0.15, 0.2) is 23.7 Å². The molecule has 0 unspecified atom stereocenters. The van der Waals surface area contributed by atoms with Gasteiger partial charge in [0.2, 0.25) is 0 Å². The summed E-state index contributed by atoms with van der Waals surface area (Å²) in [5.74, 6) is 0.409. The standard InChI is InChI=1S/C11H10N4OS2/c12-10-6(5-14-15-10)4-13-11(16)9-3-8-7(18-9)1-2-17-8/h1-3,5H,4H2,(H,13,16)(H3,12,14,15). The van der Waals surface area contributed by atoms with Crippen LogP contribution in [-0.2, 0) is 6.54 Å². The van der Waals surface area contributed by atoms with Crippen molar-refractivity contribution in [2.45, 2.75) is 6.54 Å². The minimum atomic E-state index is -0.0796. The topological polar surface area (TPSA) is 83.8 Å². The number of fused-ring (bicyclic) bond motifs is 1. The van der Waals surface area contributed by atoms with Gasteiger partial charge in [0.1, 0.15) is 5.82 Å². The molecule has 92 valence electrons. The van der Waals surface area contributed by atoms with Crippen LogP contribution in [0.2, 0.25) is 0 Å². The Labute approximate surface area is 111 Å². The van der Waals surface area contributed by atoms with Gasteiger partial charge >= 0.3 is 0 Å². The Morgan fingerprint density at radius 2 is 2.39 bits per heavy atom. The monoisotopic (exact) mass is 278 g/mol. The molecule has 0 saturated carbocycles. The Kier molecular flexibility index (Phi) is 2.77. The van der Waals surface area contributed by atoms with Crippen molar-refractivity contribution in [3.63, 3.8) is 0 Å². The third-order valence-electron chi connectivity index (χ3n) is 2.55. The van der Waals surface area contributed by atoms with Crippen molar-refractivity contribution >= 4 is 43.8 Å². The summed E-state index contributed by atoms with van der Waals surface area (Å²) in [5.41, 5.74) is 6.44. The molecule has 0 saturated heterocycles. The molecule has 1 amide bonds. The number of rotatable bonds is 3. The fourth-order valence-electron chi connectivity index (χ4n) is 1.60. The van der Waals surface area contributed by atoms with Gasteiger partial charge in [-0.05, 0) is 17.5 Å². The van der Waals surface area contributed by atoms with E-state index >= 15 is 0 Å². The second kappa shape index (κ2) is 4.43. The zero-order valence-electron chi connectivity index (χ0n) is 9.27. The number of hydrogen-bond donors (Lipinski definition) is 3. The molecular weight excluding hydrogens is 268 g/mol. The average molecular weight is 278 g/mol. The summed E-state index contributed by atoms with van der Waals surface area (Å²) in [4.78, 5) is 12.7. The van der Waals surface area contributed by atoms with Crippen LogP contribution >= 0.6 is 22.7 Å². The zero-order chi connectivity index (χ0) is 12.5. The molecule has 3 aromatic heterocycles. The number of nitrogens with two attached hydrogens (primary N) is 1. The van der Waals surface area contributed by atoms with Gasteiger partial charge in [-0.2, -0.15) is 5.10 Å². The van der Waals surface area contributed by atoms with Crippen LogP contribution in [0, 0.1) is 0 Å². The van der Waals surface area contributed by atoms with Gasteiger partial charge in [-0.25, -0.2) is 0 Å². The lowest BCUT2D eigenvalue weighted by atomic mass is 10.3. The van der Waals surface area contributed by atoms with Crippen LogP contribution in [0.5, 0.6) is 0 Å². The number of H-pyrrole nitrogens is 1. The van der Waals surface area contributed by atoms with Gasteiger partial charge < -0.3 is 11.1 Å². The number of nitrogen functional groups attached to an aromatic ring is 1. The molecule has 18 heavy (non-hydrogen) atoms. The molecule has 7 heteroatoms. The van der Waals surface area contributed by atoms with Crippen LogP contribution in [0.25, 0.3) is 9.40 Å². The molecule has 0 aliphatic rings. The van der Waals surface area contributed by atoms with E-state index in [0.717, 1.165) is 19.8 Å². The third-order valence-corrected chi connectivity index (χ3v) is 4.65. The van der Waals surface area contributed by atoms with Gasteiger partial charge in [-0.15, -0.1) is 22.7 Å². The molecule has 0 aromatic carbocycles. The molecule has 3 rings (SSSR count). The van der Waals surface area contributed by atoms with E-state index in [2.05, 4.69) is 15.5 Å². The second-order valence-corrected chi connectivity index (χ2v) is 5.78. The van der Waals surface area contributed by atoms with Crippen molar-refractivity contribution in [1.82, 2.24) is 15.5 Å². The highest BCUT2D eigenvalue weighted by molar-refractivity contribution is 7.27. The first-order chi connectivity index (χ1) is 8.74. The Hall–Kier alpha value is -1.86. The summed E-state index contributed by atoms with van der Waals surface area (Å²) < 4.78 is 2.29. The summed E-state index contributed by atoms with van der Waals surface area (Å²) in [5, 5.41) is 11.3.